The number of likely N-dealkylation sites (tertiary alicyclic amines) is 1. The number of amides is 1. The molecule has 5 heteroatoms. The average molecular weight is 305 g/mol. The van der Waals surface area contributed by atoms with E-state index in [1.807, 2.05) is 0 Å². The van der Waals surface area contributed by atoms with Crippen LogP contribution < -0.4 is 0 Å². The summed E-state index contributed by atoms with van der Waals surface area (Å²) >= 11 is 0. The van der Waals surface area contributed by atoms with Crippen LogP contribution in [0.2, 0.25) is 0 Å². The van der Waals surface area contributed by atoms with Gasteiger partial charge >= 0.3 is 5.97 Å². The van der Waals surface area contributed by atoms with Gasteiger partial charge in [-0.25, -0.2) is 4.39 Å². The molecule has 1 heterocycles. The number of nitrogens with zero attached hydrogens (tertiary/aromatic N) is 1. The third-order valence-corrected chi connectivity index (χ3v) is 3.71. The van der Waals surface area contributed by atoms with Gasteiger partial charge in [0.15, 0.2) is 0 Å². The highest BCUT2D eigenvalue weighted by atomic mass is 19.1. The Morgan fingerprint density at radius 1 is 1.27 bits per heavy atom. The van der Waals surface area contributed by atoms with E-state index in [0.29, 0.717) is 32.5 Å². The van der Waals surface area contributed by atoms with Gasteiger partial charge in [-0.2, -0.15) is 0 Å². The molecule has 1 amide bonds. The third-order valence-electron chi connectivity index (χ3n) is 3.71. The number of carbonyl (C=O) groups is 2. The second-order valence-electron chi connectivity index (χ2n) is 5.24. The summed E-state index contributed by atoms with van der Waals surface area (Å²) < 4.78 is 17.8. The number of hydrogen-bond acceptors (Lipinski definition) is 3. The summed E-state index contributed by atoms with van der Waals surface area (Å²) in [6.07, 6.45) is 4.42. The number of halogens is 1. The molecule has 1 aliphatic rings. The van der Waals surface area contributed by atoms with E-state index in [1.165, 1.54) is 18.2 Å². The molecule has 0 atom stereocenters. The van der Waals surface area contributed by atoms with E-state index < -0.39 is 0 Å². The van der Waals surface area contributed by atoms with Crippen molar-refractivity contribution in [3.05, 3.63) is 41.7 Å². The molecule has 1 aromatic rings. The van der Waals surface area contributed by atoms with Crippen LogP contribution in [0.5, 0.6) is 0 Å². The molecule has 22 heavy (non-hydrogen) atoms. The zero-order valence-electron chi connectivity index (χ0n) is 12.6. The fraction of sp³-hybridized carbons (Fsp3) is 0.412. The number of hydrogen-bond donors (Lipinski definition) is 0. The molecule has 0 aliphatic carbocycles. The topological polar surface area (TPSA) is 46.6 Å². The van der Waals surface area contributed by atoms with E-state index >= 15 is 0 Å². The molecule has 0 unspecified atom stereocenters. The quantitative estimate of drug-likeness (QED) is 0.634. The van der Waals surface area contributed by atoms with Crippen molar-refractivity contribution < 1.29 is 18.7 Å². The molecule has 1 aliphatic heterocycles. The number of ether oxygens (including phenoxy) is 1. The summed E-state index contributed by atoms with van der Waals surface area (Å²) in [7, 11) is 0. The normalized spacial score (nSPS) is 16.0. The molecular formula is C17H20FNO3. The maximum Gasteiger partial charge on any atom is 0.309 e. The van der Waals surface area contributed by atoms with Gasteiger partial charge in [0, 0.05) is 19.2 Å². The van der Waals surface area contributed by atoms with E-state index in [2.05, 4.69) is 0 Å². The van der Waals surface area contributed by atoms with Crippen LogP contribution in [0, 0.1) is 11.7 Å². The number of carbonyl (C=O) groups excluding carboxylic acids is 2. The van der Waals surface area contributed by atoms with E-state index in [-0.39, 0.29) is 23.6 Å². The smallest absolute Gasteiger partial charge is 0.309 e. The first-order valence-corrected chi connectivity index (χ1v) is 7.49. The lowest BCUT2D eigenvalue weighted by molar-refractivity contribution is -0.150. The fourth-order valence-corrected chi connectivity index (χ4v) is 2.44. The van der Waals surface area contributed by atoms with Crippen LogP contribution in [0.1, 0.15) is 25.3 Å². The first kappa shape index (κ1) is 16.2. The van der Waals surface area contributed by atoms with Crippen LogP contribution in [0.4, 0.5) is 4.39 Å². The highest BCUT2D eigenvalue weighted by molar-refractivity contribution is 5.92. The zero-order valence-corrected chi connectivity index (χ0v) is 12.6. The first-order valence-electron chi connectivity index (χ1n) is 7.49. The summed E-state index contributed by atoms with van der Waals surface area (Å²) in [6.45, 7) is 3.28. The Morgan fingerprint density at radius 3 is 2.50 bits per heavy atom. The fourth-order valence-electron chi connectivity index (χ4n) is 2.44. The van der Waals surface area contributed by atoms with Crippen molar-refractivity contribution in [2.45, 2.75) is 19.8 Å². The molecule has 0 N–H and O–H groups in total. The highest BCUT2D eigenvalue weighted by Gasteiger charge is 2.27. The van der Waals surface area contributed by atoms with Crippen LogP contribution in [0.15, 0.2) is 30.3 Å². The Bertz CT molecular complexity index is 546. The average Bonchev–Trinajstić information content (AvgIpc) is 2.54. The van der Waals surface area contributed by atoms with Crippen molar-refractivity contribution in [2.24, 2.45) is 5.92 Å². The lowest BCUT2D eigenvalue weighted by Gasteiger charge is -2.30. The first-order chi connectivity index (χ1) is 10.6. The second kappa shape index (κ2) is 7.73. The van der Waals surface area contributed by atoms with Crippen molar-refractivity contribution in [3.8, 4) is 0 Å². The second-order valence-corrected chi connectivity index (χ2v) is 5.24. The van der Waals surface area contributed by atoms with Crippen molar-refractivity contribution in [1.82, 2.24) is 4.90 Å². The summed E-state index contributed by atoms with van der Waals surface area (Å²) in [5, 5.41) is 0. The molecule has 1 aromatic carbocycles. The lowest BCUT2D eigenvalue weighted by Crippen LogP contribution is -2.39. The van der Waals surface area contributed by atoms with Gasteiger partial charge in [0.2, 0.25) is 5.91 Å². The van der Waals surface area contributed by atoms with Gasteiger partial charge < -0.3 is 9.64 Å². The molecule has 2 rings (SSSR count). The summed E-state index contributed by atoms with van der Waals surface area (Å²) in [5.74, 6) is -0.669. The molecule has 4 nitrogen and oxygen atoms in total. The van der Waals surface area contributed by atoms with Crippen LogP contribution in [-0.4, -0.2) is 36.5 Å². The Hall–Kier alpha value is -2.17. The minimum atomic E-state index is -0.301. The minimum absolute atomic E-state index is 0.0911. The van der Waals surface area contributed by atoms with Crippen LogP contribution in [-0.2, 0) is 14.3 Å². The van der Waals surface area contributed by atoms with E-state index in [9.17, 15) is 14.0 Å². The van der Waals surface area contributed by atoms with Gasteiger partial charge in [-0.05, 0) is 43.5 Å². The van der Waals surface area contributed by atoms with Gasteiger partial charge in [0.05, 0.1) is 12.5 Å². The van der Waals surface area contributed by atoms with Crippen LogP contribution in [0.25, 0.3) is 6.08 Å². The van der Waals surface area contributed by atoms with Gasteiger partial charge in [0.25, 0.3) is 0 Å². The molecule has 1 fully saturated rings. The van der Waals surface area contributed by atoms with E-state index in [0.717, 1.165) is 5.56 Å². The minimum Gasteiger partial charge on any atom is -0.466 e. The van der Waals surface area contributed by atoms with Crippen LogP contribution >= 0.6 is 0 Å². The molecular weight excluding hydrogens is 285 g/mol. The molecule has 1 saturated heterocycles. The SMILES string of the molecule is CCOC(=O)C1CCN(C(=O)/C=C/c2ccc(F)cc2)CC1. The Labute approximate surface area is 129 Å². The van der Waals surface area contributed by atoms with Crippen molar-refractivity contribution >= 4 is 18.0 Å². The predicted molar refractivity (Wildman–Crippen MR) is 81.4 cm³/mol. The Kier molecular flexibility index (Phi) is 5.69. The van der Waals surface area contributed by atoms with E-state index in [4.69, 9.17) is 4.74 Å². The van der Waals surface area contributed by atoms with Gasteiger partial charge in [-0.1, -0.05) is 12.1 Å². The summed E-state index contributed by atoms with van der Waals surface area (Å²) in [4.78, 5) is 25.5. The molecule has 0 saturated carbocycles. The molecule has 0 aromatic heterocycles. The standard InChI is InChI=1S/C17H20FNO3/c1-2-22-17(21)14-9-11-19(12-10-14)16(20)8-5-13-3-6-15(18)7-4-13/h3-8,14H,2,9-12H2,1H3/b8-5+. The van der Waals surface area contributed by atoms with Crippen LogP contribution in [0.3, 0.4) is 0 Å². The maximum absolute atomic E-state index is 12.8. The Balaban J connectivity index is 1.84. The number of esters is 1. The van der Waals surface area contributed by atoms with Gasteiger partial charge in [-0.3, -0.25) is 9.59 Å². The molecule has 118 valence electrons. The predicted octanol–water partition coefficient (Wildman–Crippen LogP) is 2.64. The van der Waals surface area contributed by atoms with Crippen molar-refractivity contribution in [1.29, 1.82) is 0 Å². The molecule has 0 spiro atoms. The Morgan fingerprint density at radius 2 is 1.91 bits per heavy atom. The van der Waals surface area contributed by atoms with E-state index in [1.54, 1.807) is 30.0 Å². The van der Waals surface area contributed by atoms with Gasteiger partial charge in [0.1, 0.15) is 5.82 Å². The third kappa shape index (κ3) is 4.41. The lowest BCUT2D eigenvalue weighted by atomic mass is 9.97. The van der Waals surface area contributed by atoms with Crippen molar-refractivity contribution in [2.75, 3.05) is 19.7 Å². The molecule has 0 radical (unpaired) electrons. The molecule has 0 bridgehead atoms. The highest BCUT2D eigenvalue weighted by Crippen LogP contribution is 2.19. The largest absolute Gasteiger partial charge is 0.466 e. The zero-order chi connectivity index (χ0) is 15.9. The van der Waals surface area contributed by atoms with Crippen molar-refractivity contribution in [3.63, 3.8) is 0 Å². The monoisotopic (exact) mass is 305 g/mol. The summed E-state index contributed by atoms with van der Waals surface area (Å²) in [6, 6.07) is 5.95. The number of benzene rings is 1. The maximum atomic E-state index is 12.8. The number of rotatable bonds is 4. The number of piperidine rings is 1. The summed E-state index contributed by atoms with van der Waals surface area (Å²) in [5.41, 5.74) is 0.774. The van der Waals surface area contributed by atoms with Gasteiger partial charge in [-0.15, -0.1) is 0 Å².